The standard InChI is InChI=1S/C43H51N3O3/c1-28(31-16-14-30(15-17-31)27-44-24-20-39(48)49)37-26-38(47)41(46-43(29(37)2)21-18-35(19-22-43)42(3,4)5)34-11-6-10-33(25-34)36-13-7-9-32-12-8-23-45-40(32)36/h6-17,23,25,28-29,35,37,44H,18-22,24,26-27H2,1-5H3,(H,48,49). The van der Waals surface area contributed by atoms with Crippen molar-refractivity contribution >= 4 is 28.4 Å². The molecule has 0 bridgehead atoms. The third-order valence-corrected chi connectivity index (χ3v) is 11.7. The molecule has 6 rings (SSSR count). The van der Waals surface area contributed by atoms with Gasteiger partial charge in [0.2, 0.25) is 0 Å². The lowest BCUT2D eigenvalue weighted by Gasteiger charge is -2.47. The lowest BCUT2D eigenvalue weighted by Crippen LogP contribution is -2.44. The van der Waals surface area contributed by atoms with E-state index in [1.807, 2.05) is 12.3 Å². The summed E-state index contributed by atoms with van der Waals surface area (Å²) in [5.74, 6) is 0.518. The molecule has 3 unspecified atom stereocenters. The Morgan fingerprint density at radius 3 is 2.39 bits per heavy atom. The molecule has 256 valence electrons. The number of fused-ring (bicyclic) bond motifs is 1. The SMILES string of the molecule is CC(c1ccc(CNCCC(=O)O)cc1)C1CC(=O)C(c2cccc(-c3cccc4cccnc34)c2)=NC2(CCC(C(C)(C)C)CC2)C1C. The molecule has 0 radical (unpaired) electrons. The predicted molar refractivity (Wildman–Crippen MR) is 199 cm³/mol. The molecule has 6 nitrogen and oxygen atoms in total. The molecule has 4 aromatic rings. The van der Waals surface area contributed by atoms with Crippen molar-refractivity contribution in [3.8, 4) is 11.1 Å². The van der Waals surface area contributed by atoms with E-state index in [0.717, 1.165) is 58.8 Å². The fourth-order valence-electron chi connectivity index (χ4n) is 8.44. The fraction of sp³-hybridized carbons (Fsp3) is 0.442. The minimum absolute atomic E-state index is 0.107. The molecule has 2 aliphatic rings. The summed E-state index contributed by atoms with van der Waals surface area (Å²) in [4.78, 5) is 35.7. The van der Waals surface area contributed by atoms with Crippen molar-refractivity contribution in [2.45, 2.75) is 91.1 Å². The molecule has 1 fully saturated rings. The second kappa shape index (κ2) is 14.4. The van der Waals surface area contributed by atoms with E-state index < -0.39 is 5.97 Å². The van der Waals surface area contributed by atoms with Gasteiger partial charge in [-0.05, 0) is 83.6 Å². The van der Waals surface area contributed by atoms with Gasteiger partial charge in [-0.3, -0.25) is 19.6 Å². The molecule has 0 amide bonds. The number of hydrogen-bond acceptors (Lipinski definition) is 5. The van der Waals surface area contributed by atoms with Crippen molar-refractivity contribution in [2.75, 3.05) is 6.54 Å². The number of ketones is 1. The highest BCUT2D eigenvalue weighted by atomic mass is 16.4. The molecule has 2 heterocycles. The molecule has 1 spiro atoms. The number of pyridine rings is 1. The first kappa shape index (κ1) is 34.7. The molecule has 1 saturated carbocycles. The maximum absolute atomic E-state index is 14.5. The molecule has 6 heteroatoms. The van der Waals surface area contributed by atoms with Crippen LogP contribution in [0.25, 0.3) is 22.0 Å². The molecular weight excluding hydrogens is 606 g/mol. The number of hydrogen-bond donors (Lipinski definition) is 2. The highest BCUT2D eigenvalue weighted by molar-refractivity contribution is 6.46. The molecule has 3 aromatic carbocycles. The van der Waals surface area contributed by atoms with E-state index in [-0.39, 0.29) is 40.9 Å². The Morgan fingerprint density at radius 1 is 0.980 bits per heavy atom. The van der Waals surface area contributed by atoms with Crippen LogP contribution in [-0.2, 0) is 16.1 Å². The maximum Gasteiger partial charge on any atom is 0.304 e. The minimum atomic E-state index is -0.796. The quantitative estimate of drug-likeness (QED) is 0.175. The molecule has 0 saturated heterocycles. The van der Waals surface area contributed by atoms with Crippen LogP contribution >= 0.6 is 0 Å². The average Bonchev–Trinajstić information content (AvgIpc) is 3.20. The zero-order chi connectivity index (χ0) is 34.8. The first-order valence-electron chi connectivity index (χ1n) is 18.0. The van der Waals surface area contributed by atoms with Gasteiger partial charge in [-0.25, -0.2) is 0 Å². The Balaban J connectivity index is 1.33. The van der Waals surface area contributed by atoms with Gasteiger partial charge in [-0.15, -0.1) is 0 Å². The lowest BCUT2D eigenvalue weighted by atomic mass is 9.60. The fourth-order valence-corrected chi connectivity index (χ4v) is 8.44. The van der Waals surface area contributed by atoms with Gasteiger partial charge in [-0.2, -0.15) is 0 Å². The van der Waals surface area contributed by atoms with Gasteiger partial charge in [0.05, 0.1) is 17.5 Å². The van der Waals surface area contributed by atoms with E-state index in [1.165, 1.54) is 5.56 Å². The first-order chi connectivity index (χ1) is 23.4. The Hall–Kier alpha value is -4.16. The van der Waals surface area contributed by atoms with Gasteiger partial charge in [0.1, 0.15) is 5.71 Å². The zero-order valence-electron chi connectivity index (χ0n) is 29.7. The van der Waals surface area contributed by atoms with Gasteiger partial charge < -0.3 is 10.4 Å². The van der Waals surface area contributed by atoms with Crippen molar-refractivity contribution in [2.24, 2.45) is 28.2 Å². The molecule has 2 N–H and O–H groups in total. The van der Waals surface area contributed by atoms with Crippen LogP contribution in [0.5, 0.6) is 0 Å². The summed E-state index contributed by atoms with van der Waals surface area (Å²) in [5, 5.41) is 13.2. The number of carboxylic acids is 1. The highest BCUT2D eigenvalue weighted by Crippen LogP contribution is 2.51. The van der Waals surface area contributed by atoms with Gasteiger partial charge >= 0.3 is 5.97 Å². The second-order valence-corrected chi connectivity index (χ2v) is 15.6. The monoisotopic (exact) mass is 657 g/mol. The van der Waals surface area contributed by atoms with E-state index in [2.05, 4.69) is 113 Å². The number of nitrogens with one attached hydrogen (secondary N) is 1. The number of benzene rings is 3. The number of para-hydroxylation sites is 1. The van der Waals surface area contributed by atoms with Gasteiger partial charge in [0, 0.05) is 42.2 Å². The molecular formula is C43H51N3O3. The Morgan fingerprint density at radius 2 is 1.67 bits per heavy atom. The molecule has 3 atom stereocenters. The van der Waals surface area contributed by atoms with Crippen LogP contribution in [0.1, 0.15) is 95.8 Å². The number of carbonyl (C=O) groups is 2. The van der Waals surface area contributed by atoms with Crippen LogP contribution in [0, 0.1) is 23.2 Å². The molecule has 1 aliphatic heterocycles. The van der Waals surface area contributed by atoms with E-state index in [1.54, 1.807) is 0 Å². The Kier molecular flexibility index (Phi) is 10.2. The predicted octanol–water partition coefficient (Wildman–Crippen LogP) is 9.26. The molecule has 1 aliphatic carbocycles. The number of carbonyl (C=O) groups excluding carboxylic acids is 1. The summed E-state index contributed by atoms with van der Waals surface area (Å²) in [7, 11) is 0. The second-order valence-electron chi connectivity index (χ2n) is 15.6. The van der Waals surface area contributed by atoms with E-state index in [0.29, 0.717) is 31.1 Å². The zero-order valence-corrected chi connectivity index (χ0v) is 29.7. The summed E-state index contributed by atoms with van der Waals surface area (Å²) in [6, 6.07) is 27.3. The summed E-state index contributed by atoms with van der Waals surface area (Å²) < 4.78 is 0. The summed E-state index contributed by atoms with van der Waals surface area (Å²) >= 11 is 0. The smallest absolute Gasteiger partial charge is 0.304 e. The Labute approximate surface area is 291 Å². The third kappa shape index (κ3) is 7.55. The number of Topliss-reactive ketones (excluding diaryl/α,β-unsaturated/α-hetero) is 1. The topological polar surface area (TPSA) is 91.7 Å². The van der Waals surface area contributed by atoms with E-state index >= 15 is 0 Å². The van der Waals surface area contributed by atoms with Gasteiger partial charge in [0.15, 0.2) is 5.78 Å². The average molecular weight is 658 g/mol. The minimum Gasteiger partial charge on any atom is -0.481 e. The number of carboxylic acid groups (broad SMARTS) is 1. The largest absolute Gasteiger partial charge is 0.481 e. The third-order valence-electron chi connectivity index (χ3n) is 11.7. The maximum atomic E-state index is 14.5. The number of rotatable bonds is 9. The van der Waals surface area contributed by atoms with Crippen molar-refractivity contribution in [3.63, 3.8) is 0 Å². The van der Waals surface area contributed by atoms with Crippen LogP contribution in [0.2, 0.25) is 0 Å². The van der Waals surface area contributed by atoms with Gasteiger partial charge in [-0.1, -0.05) is 101 Å². The number of nitrogens with zero attached hydrogens (tertiary/aromatic N) is 2. The first-order valence-corrected chi connectivity index (χ1v) is 18.0. The Bertz CT molecular complexity index is 1820. The normalized spacial score (nSPS) is 23.7. The highest BCUT2D eigenvalue weighted by Gasteiger charge is 2.48. The van der Waals surface area contributed by atoms with Crippen molar-refractivity contribution in [3.05, 3.63) is 102 Å². The number of aromatic nitrogens is 1. The number of aliphatic carboxylic acids is 1. The van der Waals surface area contributed by atoms with Gasteiger partial charge in [0.25, 0.3) is 0 Å². The van der Waals surface area contributed by atoms with Crippen LogP contribution in [0.4, 0.5) is 0 Å². The summed E-state index contributed by atoms with van der Waals surface area (Å²) in [6.45, 7) is 12.8. The summed E-state index contributed by atoms with van der Waals surface area (Å²) in [5.41, 5.74) is 6.88. The number of aliphatic imine (C=N–C) groups is 1. The molecule has 49 heavy (non-hydrogen) atoms. The molecule has 1 aromatic heterocycles. The lowest BCUT2D eigenvalue weighted by molar-refractivity contribution is -0.136. The van der Waals surface area contributed by atoms with Crippen molar-refractivity contribution in [1.29, 1.82) is 0 Å². The van der Waals surface area contributed by atoms with Crippen LogP contribution in [-0.4, -0.2) is 39.6 Å². The van der Waals surface area contributed by atoms with Crippen LogP contribution < -0.4 is 5.32 Å². The van der Waals surface area contributed by atoms with Crippen molar-refractivity contribution in [1.82, 2.24) is 10.3 Å². The van der Waals surface area contributed by atoms with Crippen molar-refractivity contribution < 1.29 is 14.7 Å². The summed E-state index contributed by atoms with van der Waals surface area (Å²) in [6.07, 6.45) is 6.62. The van der Waals surface area contributed by atoms with Crippen LogP contribution in [0.3, 0.4) is 0 Å². The van der Waals surface area contributed by atoms with E-state index in [9.17, 15) is 9.59 Å². The van der Waals surface area contributed by atoms with Crippen LogP contribution in [0.15, 0.2) is 90.1 Å². The van der Waals surface area contributed by atoms with E-state index in [4.69, 9.17) is 15.1 Å².